The standard InChI is InChI=1S/C12H15B/c1-4-10-6-2-8-12-9-3-7-11(5-1)13(10)12/h4,7-8H,1-3,5-6,9H2. The van der Waals surface area contributed by atoms with Crippen LogP contribution in [0.2, 0.25) is 0 Å². The predicted molar refractivity (Wildman–Crippen MR) is 57.7 cm³/mol. The van der Waals surface area contributed by atoms with E-state index < -0.39 is 0 Å². The molecule has 13 heavy (non-hydrogen) atoms. The zero-order valence-electron chi connectivity index (χ0n) is 8.05. The highest BCUT2D eigenvalue weighted by Crippen LogP contribution is 2.38. The van der Waals surface area contributed by atoms with E-state index in [0.717, 1.165) is 6.71 Å². The van der Waals surface area contributed by atoms with Gasteiger partial charge in [0.1, 0.15) is 0 Å². The molecule has 3 aliphatic rings. The zero-order chi connectivity index (χ0) is 8.67. The Morgan fingerprint density at radius 3 is 1.46 bits per heavy atom. The maximum absolute atomic E-state index is 2.50. The maximum atomic E-state index is 2.50. The first kappa shape index (κ1) is 7.67. The topological polar surface area (TPSA) is 0 Å². The molecule has 0 saturated heterocycles. The van der Waals surface area contributed by atoms with Gasteiger partial charge in [0, 0.05) is 0 Å². The summed E-state index contributed by atoms with van der Waals surface area (Å²) in [5, 5.41) is 0. The average Bonchev–Trinajstić information content (AvgIpc) is 2.19. The van der Waals surface area contributed by atoms with Gasteiger partial charge < -0.3 is 0 Å². The van der Waals surface area contributed by atoms with Crippen LogP contribution in [0.5, 0.6) is 0 Å². The molecule has 0 aromatic heterocycles. The van der Waals surface area contributed by atoms with Gasteiger partial charge in [0.15, 0.2) is 0 Å². The van der Waals surface area contributed by atoms with E-state index in [2.05, 4.69) is 18.2 Å². The van der Waals surface area contributed by atoms with Crippen molar-refractivity contribution in [3.05, 3.63) is 34.6 Å². The first-order chi connectivity index (χ1) is 6.45. The molecular formula is C12H15B. The van der Waals surface area contributed by atoms with Crippen LogP contribution >= 0.6 is 0 Å². The van der Waals surface area contributed by atoms with Gasteiger partial charge in [-0.1, -0.05) is 34.6 Å². The van der Waals surface area contributed by atoms with E-state index >= 15 is 0 Å². The smallest absolute Gasteiger partial charge is 0.0950 e. The van der Waals surface area contributed by atoms with E-state index in [1.54, 1.807) is 16.4 Å². The first-order valence-electron chi connectivity index (χ1n) is 5.52. The lowest BCUT2D eigenvalue weighted by atomic mass is 9.29. The summed E-state index contributed by atoms with van der Waals surface area (Å²) in [6.45, 7) is 0.774. The van der Waals surface area contributed by atoms with Gasteiger partial charge in [-0.25, -0.2) is 0 Å². The van der Waals surface area contributed by atoms with Crippen molar-refractivity contribution in [2.75, 3.05) is 0 Å². The Balaban J connectivity index is 2.09. The molecule has 0 radical (unpaired) electrons. The summed E-state index contributed by atoms with van der Waals surface area (Å²) < 4.78 is 0. The van der Waals surface area contributed by atoms with Gasteiger partial charge in [-0.05, 0) is 38.5 Å². The van der Waals surface area contributed by atoms with Gasteiger partial charge in [-0.15, -0.1) is 0 Å². The predicted octanol–water partition coefficient (Wildman–Crippen LogP) is 3.26. The third kappa shape index (κ3) is 1.13. The number of allylic oxidation sites excluding steroid dienone is 6. The normalized spacial score (nSPS) is 25.8. The van der Waals surface area contributed by atoms with Crippen LogP contribution in [0, 0.1) is 0 Å². The molecule has 0 spiro atoms. The largest absolute Gasteiger partial charge is 0.227 e. The molecule has 66 valence electrons. The summed E-state index contributed by atoms with van der Waals surface area (Å²) in [5.41, 5.74) is 5.19. The van der Waals surface area contributed by atoms with Crippen LogP contribution in [0.3, 0.4) is 0 Å². The molecule has 3 heterocycles. The Morgan fingerprint density at radius 1 is 0.692 bits per heavy atom. The van der Waals surface area contributed by atoms with Gasteiger partial charge in [0.05, 0.1) is 0 Å². The van der Waals surface area contributed by atoms with Gasteiger partial charge >= 0.3 is 0 Å². The van der Waals surface area contributed by atoms with Crippen molar-refractivity contribution >= 4 is 6.71 Å². The molecule has 0 bridgehead atoms. The minimum Gasteiger partial charge on any atom is -0.0950 e. The quantitative estimate of drug-likeness (QED) is 0.489. The fourth-order valence-corrected chi connectivity index (χ4v) is 3.08. The maximum Gasteiger partial charge on any atom is 0.227 e. The molecule has 0 aliphatic carbocycles. The number of rotatable bonds is 0. The fraction of sp³-hybridized carbons (Fsp3) is 0.500. The zero-order valence-corrected chi connectivity index (χ0v) is 8.05. The molecule has 3 rings (SSSR count). The molecule has 0 aromatic carbocycles. The molecule has 0 amide bonds. The lowest BCUT2D eigenvalue weighted by molar-refractivity contribution is 0.875. The van der Waals surface area contributed by atoms with Gasteiger partial charge in [-0.3, -0.25) is 0 Å². The van der Waals surface area contributed by atoms with Crippen LogP contribution in [-0.4, -0.2) is 6.71 Å². The molecule has 0 unspecified atom stereocenters. The molecule has 0 aromatic rings. The highest BCUT2D eigenvalue weighted by molar-refractivity contribution is 6.81. The molecule has 3 aliphatic heterocycles. The lowest BCUT2D eigenvalue weighted by Gasteiger charge is -2.33. The Hall–Kier alpha value is -0.715. The summed E-state index contributed by atoms with van der Waals surface area (Å²) >= 11 is 0. The molecule has 1 heteroatoms. The molecule has 0 nitrogen and oxygen atoms in total. The Kier molecular flexibility index (Phi) is 1.71. The molecule has 0 saturated carbocycles. The van der Waals surface area contributed by atoms with Gasteiger partial charge in [0.2, 0.25) is 6.71 Å². The second-order valence-corrected chi connectivity index (χ2v) is 4.39. The second kappa shape index (κ2) is 2.90. The van der Waals surface area contributed by atoms with E-state index in [1.807, 2.05) is 0 Å². The third-order valence-electron chi connectivity index (χ3n) is 3.63. The van der Waals surface area contributed by atoms with Crippen molar-refractivity contribution in [1.82, 2.24) is 0 Å². The van der Waals surface area contributed by atoms with E-state index in [-0.39, 0.29) is 0 Å². The molecule has 0 fully saturated rings. The summed E-state index contributed by atoms with van der Waals surface area (Å²) in [6.07, 6.45) is 15.4. The Morgan fingerprint density at radius 2 is 1.08 bits per heavy atom. The number of hydrogen-bond donors (Lipinski definition) is 0. The highest BCUT2D eigenvalue weighted by atomic mass is 14.2. The van der Waals surface area contributed by atoms with Crippen LogP contribution < -0.4 is 0 Å². The fourth-order valence-electron chi connectivity index (χ4n) is 3.08. The summed E-state index contributed by atoms with van der Waals surface area (Å²) in [7, 11) is 0. The molecular weight excluding hydrogens is 155 g/mol. The van der Waals surface area contributed by atoms with E-state index in [1.165, 1.54) is 38.5 Å². The minimum absolute atomic E-state index is 0.774. The average molecular weight is 170 g/mol. The van der Waals surface area contributed by atoms with Crippen LogP contribution in [0.4, 0.5) is 0 Å². The van der Waals surface area contributed by atoms with Crippen LogP contribution in [0.1, 0.15) is 38.5 Å². The van der Waals surface area contributed by atoms with Gasteiger partial charge in [-0.2, -0.15) is 0 Å². The summed E-state index contributed by atoms with van der Waals surface area (Å²) in [4.78, 5) is 0. The van der Waals surface area contributed by atoms with Crippen molar-refractivity contribution in [3.8, 4) is 0 Å². The van der Waals surface area contributed by atoms with Crippen molar-refractivity contribution in [2.24, 2.45) is 0 Å². The Labute approximate surface area is 80.5 Å². The van der Waals surface area contributed by atoms with E-state index in [4.69, 9.17) is 0 Å². The SMILES string of the molecule is C1=C2CCC=C3CCC=C(CC1)B23. The van der Waals surface area contributed by atoms with Crippen LogP contribution in [-0.2, 0) is 0 Å². The van der Waals surface area contributed by atoms with Crippen LogP contribution in [0.15, 0.2) is 34.6 Å². The lowest BCUT2D eigenvalue weighted by Crippen LogP contribution is -2.31. The second-order valence-electron chi connectivity index (χ2n) is 4.39. The minimum atomic E-state index is 0.774. The number of hydrogen-bond acceptors (Lipinski definition) is 0. The summed E-state index contributed by atoms with van der Waals surface area (Å²) in [5.74, 6) is 0. The van der Waals surface area contributed by atoms with Crippen molar-refractivity contribution in [1.29, 1.82) is 0 Å². The third-order valence-corrected chi connectivity index (χ3v) is 3.63. The summed E-state index contributed by atoms with van der Waals surface area (Å²) in [6, 6.07) is 0. The van der Waals surface area contributed by atoms with Crippen LogP contribution in [0.25, 0.3) is 0 Å². The Bertz CT molecular complexity index is 268. The monoisotopic (exact) mass is 170 g/mol. The van der Waals surface area contributed by atoms with E-state index in [9.17, 15) is 0 Å². The van der Waals surface area contributed by atoms with E-state index in [0.29, 0.717) is 0 Å². The molecule has 0 atom stereocenters. The highest BCUT2D eigenvalue weighted by Gasteiger charge is 2.32. The van der Waals surface area contributed by atoms with Crippen molar-refractivity contribution in [2.45, 2.75) is 38.5 Å². The molecule has 0 N–H and O–H groups in total. The van der Waals surface area contributed by atoms with Crippen molar-refractivity contribution in [3.63, 3.8) is 0 Å². The van der Waals surface area contributed by atoms with Crippen molar-refractivity contribution < 1.29 is 0 Å². The van der Waals surface area contributed by atoms with Gasteiger partial charge in [0.25, 0.3) is 0 Å². The first-order valence-corrected chi connectivity index (χ1v) is 5.52.